The summed E-state index contributed by atoms with van der Waals surface area (Å²) in [5.41, 5.74) is -1.39. The summed E-state index contributed by atoms with van der Waals surface area (Å²) in [6.45, 7) is 0.310. The van der Waals surface area contributed by atoms with Crippen LogP contribution >= 0.6 is 15.9 Å². The highest BCUT2D eigenvalue weighted by Gasteiger charge is 2.38. The number of halogens is 4. The highest BCUT2D eigenvalue weighted by molar-refractivity contribution is 9.10. The second kappa shape index (κ2) is 6.06. The lowest BCUT2D eigenvalue weighted by molar-refractivity contribution is -0.138. The van der Waals surface area contributed by atoms with Gasteiger partial charge in [0, 0.05) is 11.0 Å². The molecule has 3 nitrogen and oxygen atoms in total. The van der Waals surface area contributed by atoms with Crippen LogP contribution in [0.2, 0.25) is 0 Å². The Morgan fingerprint density at radius 3 is 2.71 bits per heavy atom. The van der Waals surface area contributed by atoms with Gasteiger partial charge in [-0.15, -0.1) is 0 Å². The number of rotatable bonds is 1. The molecule has 1 aliphatic heterocycles. The van der Waals surface area contributed by atoms with Crippen LogP contribution in [0.15, 0.2) is 22.7 Å². The van der Waals surface area contributed by atoms with Crippen molar-refractivity contribution in [3.63, 3.8) is 0 Å². The summed E-state index contributed by atoms with van der Waals surface area (Å²) in [5.74, 6) is -0.735. The highest BCUT2D eigenvalue weighted by Crippen LogP contribution is 2.35. The van der Waals surface area contributed by atoms with Crippen LogP contribution in [0, 0.1) is 11.3 Å². The van der Waals surface area contributed by atoms with Crippen molar-refractivity contribution in [2.75, 3.05) is 6.54 Å². The Bertz CT molecular complexity index is 595. The van der Waals surface area contributed by atoms with Gasteiger partial charge in [0.05, 0.1) is 17.2 Å². The first-order valence-corrected chi connectivity index (χ1v) is 7.21. The molecule has 1 aliphatic rings. The summed E-state index contributed by atoms with van der Waals surface area (Å²) in [4.78, 5) is 13.6. The van der Waals surface area contributed by atoms with E-state index in [1.807, 2.05) is 6.07 Å². The number of alkyl halides is 3. The summed E-state index contributed by atoms with van der Waals surface area (Å²) in [6.07, 6.45) is -2.62. The molecule has 0 N–H and O–H groups in total. The summed E-state index contributed by atoms with van der Waals surface area (Å²) in [6, 6.07) is 4.77. The molecule has 0 saturated carbocycles. The molecule has 0 radical (unpaired) electrons. The highest BCUT2D eigenvalue weighted by atomic mass is 79.9. The van der Waals surface area contributed by atoms with Gasteiger partial charge < -0.3 is 4.90 Å². The second-order valence-corrected chi connectivity index (χ2v) is 5.74. The monoisotopic (exact) mass is 360 g/mol. The molecule has 0 spiro atoms. The van der Waals surface area contributed by atoms with Crippen LogP contribution in [-0.2, 0) is 6.18 Å². The van der Waals surface area contributed by atoms with Crippen LogP contribution in [0.25, 0.3) is 0 Å². The zero-order valence-corrected chi connectivity index (χ0v) is 12.5. The van der Waals surface area contributed by atoms with E-state index in [0.717, 1.165) is 18.6 Å². The van der Waals surface area contributed by atoms with Crippen molar-refractivity contribution in [3.8, 4) is 6.07 Å². The quantitative estimate of drug-likeness (QED) is 0.759. The fourth-order valence-corrected chi connectivity index (χ4v) is 2.76. The molecular formula is C14H12BrF3N2O. The Morgan fingerprint density at radius 2 is 2.10 bits per heavy atom. The molecule has 0 aliphatic carbocycles. The first kappa shape index (κ1) is 15.8. The topological polar surface area (TPSA) is 44.1 Å². The van der Waals surface area contributed by atoms with Gasteiger partial charge in [0.2, 0.25) is 0 Å². The van der Waals surface area contributed by atoms with Gasteiger partial charge in [-0.3, -0.25) is 4.79 Å². The lowest BCUT2D eigenvalue weighted by Gasteiger charge is -2.32. The fraction of sp³-hybridized carbons (Fsp3) is 0.429. The van der Waals surface area contributed by atoms with Gasteiger partial charge in [0.1, 0.15) is 6.04 Å². The number of carbonyl (C=O) groups is 1. The van der Waals surface area contributed by atoms with Gasteiger partial charge in [0.15, 0.2) is 0 Å². The number of piperidine rings is 1. The lowest BCUT2D eigenvalue weighted by Crippen LogP contribution is -2.43. The van der Waals surface area contributed by atoms with Crippen LogP contribution in [0.4, 0.5) is 13.2 Å². The summed E-state index contributed by atoms with van der Waals surface area (Å²) >= 11 is 2.98. The predicted molar refractivity (Wildman–Crippen MR) is 73.4 cm³/mol. The maximum Gasteiger partial charge on any atom is 0.417 e. The van der Waals surface area contributed by atoms with Crippen molar-refractivity contribution in [1.82, 2.24) is 4.90 Å². The first-order valence-electron chi connectivity index (χ1n) is 6.42. The third kappa shape index (κ3) is 3.38. The second-order valence-electron chi connectivity index (χ2n) is 4.83. The molecule has 1 aromatic rings. The standard InChI is InChI=1S/C14H12BrF3N2O/c15-9-4-5-11(12(7-9)14(16,17)18)13(21)20-6-2-1-3-10(20)8-19/h4-5,7,10H,1-3,6H2. The van der Waals surface area contributed by atoms with E-state index in [1.54, 1.807) is 0 Å². The zero-order valence-electron chi connectivity index (χ0n) is 11.0. The summed E-state index contributed by atoms with van der Waals surface area (Å²) in [5, 5.41) is 9.06. The Hall–Kier alpha value is -1.55. The van der Waals surface area contributed by atoms with E-state index < -0.39 is 29.3 Å². The van der Waals surface area contributed by atoms with Gasteiger partial charge in [-0.25, -0.2) is 0 Å². The number of nitriles is 1. The van der Waals surface area contributed by atoms with Gasteiger partial charge in [-0.05, 0) is 37.5 Å². The molecule has 7 heteroatoms. The molecule has 1 aromatic carbocycles. The van der Waals surface area contributed by atoms with Gasteiger partial charge in [0.25, 0.3) is 5.91 Å². The van der Waals surface area contributed by atoms with Gasteiger partial charge in [-0.2, -0.15) is 18.4 Å². The number of hydrogen-bond acceptors (Lipinski definition) is 2. The summed E-state index contributed by atoms with van der Waals surface area (Å²) in [7, 11) is 0. The molecule has 112 valence electrons. The zero-order chi connectivity index (χ0) is 15.6. The SMILES string of the molecule is N#CC1CCCCN1C(=O)c1ccc(Br)cc1C(F)(F)F. The minimum absolute atomic E-state index is 0.252. The van der Waals surface area contributed by atoms with Crippen molar-refractivity contribution in [3.05, 3.63) is 33.8 Å². The van der Waals surface area contributed by atoms with Crippen molar-refractivity contribution in [1.29, 1.82) is 5.26 Å². The smallest absolute Gasteiger partial charge is 0.323 e. The van der Waals surface area contributed by atoms with Crippen molar-refractivity contribution in [2.24, 2.45) is 0 Å². The molecular weight excluding hydrogens is 349 g/mol. The minimum atomic E-state index is -4.62. The molecule has 2 rings (SSSR count). The van der Waals surface area contributed by atoms with E-state index in [2.05, 4.69) is 15.9 Å². The molecule has 1 fully saturated rings. The van der Waals surface area contributed by atoms with Crippen LogP contribution in [-0.4, -0.2) is 23.4 Å². The van der Waals surface area contributed by atoms with Crippen LogP contribution in [0.5, 0.6) is 0 Å². The van der Waals surface area contributed by atoms with Crippen LogP contribution in [0.3, 0.4) is 0 Å². The lowest BCUT2D eigenvalue weighted by atomic mass is 10.00. The van der Waals surface area contributed by atoms with Crippen LogP contribution < -0.4 is 0 Å². The predicted octanol–water partition coefficient (Wildman–Crippen LogP) is 3.99. The number of likely N-dealkylation sites (tertiary alicyclic amines) is 1. The van der Waals surface area contributed by atoms with Crippen molar-refractivity contribution in [2.45, 2.75) is 31.5 Å². The Morgan fingerprint density at radius 1 is 1.38 bits per heavy atom. The van der Waals surface area contributed by atoms with Gasteiger partial charge >= 0.3 is 6.18 Å². The van der Waals surface area contributed by atoms with Crippen molar-refractivity contribution < 1.29 is 18.0 Å². The largest absolute Gasteiger partial charge is 0.417 e. The molecule has 1 heterocycles. The van der Waals surface area contributed by atoms with E-state index >= 15 is 0 Å². The molecule has 0 aromatic heterocycles. The number of benzene rings is 1. The number of amides is 1. The Kier molecular flexibility index (Phi) is 4.57. The van der Waals surface area contributed by atoms with Crippen LogP contribution in [0.1, 0.15) is 35.2 Å². The minimum Gasteiger partial charge on any atom is -0.323 e. The molecule has 1 saturated heterocycles. The maximum absolute atomic E-state index is 13.1. The molecule has 0 bridgehead atoms. The average Bonchev–Trinajstić information content (AvgIpc) is 2.45. The van der Waals surface area contributed by atoms with E-state index in [1.165, 1.54) is 11.0 Å². The molecule has 1 atom stereocenters. The van der Waals surface area contributed by atoms with E-state index in [-0.39, 0.29) is 4.47 Å². The molecule has 21 heavy (non-hydrogen) atoms. The third-order valence-corrected chi connectivity index (χ3v) is 3.92. The normalized spacial score (nSPS) is 19.2. The number of nitrogens with zero attached hydrogens (tertiary/aromatic N) is 2. The number of carbonyl (C=O) groups excluding carboxylic acids is 1. The van der Waals surface area contributed by atoms with E-state index in [4.69, 9.17) is 5.26 Å². The maximum atomic E-state index is 13.1. The molecule has 1 unspecified atom stereocenters. The van der Waals surface area contributed by atoms with E-state index in [0.29, 0.717) is 19.4 Å². The Balaban J connectivity index is 2.42. The van der Waals surface area contributed by atoms with Gasteiger partial charge in [-0.1, -0.05) is 15.9 Å². The van der Waals surface area contributed by atoms with E-state index in [9.17, 15) is 18.0 Å². The third-order valence-electron chi connectivity index (χ3n) is 3.43. The average molecular weight is 361 g/mol. The fourth-order valence-electron chi connectivity index (χ4n) is 2.40. The number of hydrogen-bond donors (Lipinski definition) is 0. The van der Waals surface area contributed by atoms with Crippen molar-refractivity contribution >= 4 is 21.8 Å². The Labute approximate surface area is 128 Å². The first-order chi connectivity index (χ1) is 9.84. The summed E-state index contributed by atoms with van der Waals surface area (Å²) < 4.78 is 39.5. The molecule has 1 amide bonds.